The standard InChI is InChI=1S/C21H28N2O4S2/c1-13-7-6-8-17(11-13)20(24)23-19(9-10-29(5,26)27)21(25)22-15(3)18-12-14(2)28-16(18)4/h6-8,11-12,15,19H,9-10H2,1-5H3,(H,22,25)(H,23,24)/t15-,19+/m0/s1. The first kappa shape index (κ1) is 23.1. The van der Waals surface area contributed by atoms with Crippen molar-refractivity contribution in [2.45, 2.75) is 46.2 Å². The first-order chi connectivity index (χ1) is 13.5. The number of hydrogen-bond donors (Lipinski definition) is 2. The van der Waals surface area contributed by atoms with Crippen LogP contribution in [0, 0.1) is 20.8 Å². The van der Waals surface area contributed by atoms with Gasteiger partial charge in [-0.1, -0.05) is 17.7 Å². The van der Waals surface area contributed by atoms with Crippen molar-refractivity contribution >= 4 is 33.0 Å². The number of rotatable bonds is 8. The number of carbonyl (C=O) groups is 2. The third-order valence-electron chi connectivity index (χ3n) is 4.58. The molecule has 0 bridgehead atoms. The van der Waals surface area contributed by atoms with Crippen LogP contribution in [0.1, 0.15) is 50.6 Å². The second kappa shape index (κ2) is 9.54. The quantitative estimate of drug-likeness (QED) is 0.665. The fourth-order valence-electron chi connectivity index (χ4n) is 3.10. The lowest BCUT2D eigenvalue weighted by molar-refractivity contribution is -0.123. The molecule has 1 aromatic heterocycles. The Morgan fingerprint density at radius 2 is 1.79 bits per heavy atom. The molecule has 0 saturated carbocycles. The molecule has 0 saturated heterocycles. The highest BCUT2D eigenvalue weighted by atomic mass is 32.2. The van der Waals surface area contributed by atoms with Crippen molar-refractivity contribution < 1.29 is 18.0 Å². The lowest BCUT2D eigenvalue weighted by atomic mass is 10.1. The number of carbonyl (C=O) groups excluding carboxylic acids is 2. The van der Waals surface area contributed by atoms with Gasteiger partial charge in [0.25, 0.3) is 5.91 Å². The molecule has 0 aliphatic carbocycles. The van der Waals surface area contributed by atoms with Crippen molar-refractivity contribution in [1.29, 1.82) is 0 Å². The monoisotopic (exact) mass is 436 g/mol. The fraction of sp³-hybridized carbons (Fsp3) is 0.429. The summed E-state index contributed by atoms with van der Waals surface area (Å²) in [5.41, 5.74) is 2.37. The lowest BCUT2D eigenvalue weighted by Gasteiger charge is -2.21. The second-order valence-corrected chi connectivity index (χ2v) is 11.1. The Morgan fingerprint density at radius 1 is 1.10 bits per heavy atom. The predicted molar refractivity (Wildman–Crippen MR) is 117 cm³/mol. The Hall–Kier alpha value is -2.19. The maximum Gasteiger partial charge on any atom is 0.251 e. The van der Waals surface area contributed by atoms with Crippen LogP contribution in [-0.4, -0.2) is 38.3 Å². The van der Waals surface area contributed by atoms with Crippen molar-refractivity contribution in [3.05, 3.63) is 56.8 Å². The van der Waals surface area contributed by atoms with Crippen molar-refractivity contribution in [3.8, 4) is 0 Å². The zero-order valence-corrected chi connectivity index (χ0v) is 19.0. The lowest BCUT2D eigenvalue weighted by Crippen LogP contribution is -2.48. The highest BCUT2D eigenvalue weighted by molar-refractivity contribution is 7.90. The molecule has 29 heavy (non-hydrogen) atoms. The molecule has 0 unspecified atom stereocenters. The van der Waals surface area contributed by atoms with Gasteiger partial charge in [-0.2, -0.15) is 0 Å². The highest BCUT2D eigenvalue weighted by Crippen LogP contribution is 2.26. The van der Waals surface area contributed by atoms with Gasteiger partial charge in [-0.25, -0.2) is 8.42 Å². The van der Waals surface area contributed by atoms with Crippen LogP contribution in [0.5, 0.6) is 0 Å². The number of nitrogens with one attached hydrogen (secondary N) is 2. The molecule has 2 amide bonds. The summed E-state index contributed by atoms with van der Waals surface area (Å²) in [6.07, 6.45) is 1.13. The second-order valence-electron chi connectivity index (χ2n) is 7.41. The maximum absolute atomic E-state index is 12.9. The smallest absolute Gasteiger partial charge is 0.251 e. The zero-order chi connectivity index (χ0) is 21.8. The van der Waals surface area contributed by atoms with E-state index in [1.165, 1.54) is 0 Å². The van der Waals surface area contributed by atoms with Gasteiger partial charge in [-0.3, -0.25) is 9.59 Å². The highest BCUT2D eigenvalue weighted by Gasteiger charge is 2.25. The summed E-state index contributed by atoms with van der Waals surface area (Å²) in [7, 11) is -3.27. The number of amides is 2. The van der Waals surface area contributed by atoms with Gasteiger partial charge in [0.15, 0.2) is 0 Å². The Labute approximate surface area is 176 Å². The first-order valence-corrected chi connectivity index (χ1v) is 12.3. The summed E-state index contributed by atoms with van der Waals surface area (Å²) in [4.78, 5) is 27.8. The van der Waals surface area contributed by atoms with E-state index in [2.05, 4.69) is 10.6 Å². The van der Waals surface area contributed by atoms with Crippen LogP contribution in [0.25, 0.3) is 0 Å². The van der Waals surface area contributed by atoms with Gasteiger partial charge in [0.1, 0.15) is 15.9 Å². The van der Waals surface area contributed by atoms with E-state index in [4.69, 9.17) is 0 Å². The van der Waals surface area contributed by atoms with E-state index in [0.717, 1.165) is 27.1 Å². The molecule has 0 spiro atoms. The largest absolute Gasteiger partial charge is 0.348 e. The molecule has 158 valence electrons. The van der Waals surface area contributed by atoms with Gasteiger partial charge >= 0.3 is 0 Å². The SMILES string of the molecule is Cc1cccc(C(=O)N[C@H](CCS(C)(=O)=O)C(=O)N[C@@H](C)c2cc(C)sc2C)c1. The van der Waals surface area contributed by atoms with Crippen molar-refractivity contribution in [2.75, 3.05) is 12.0 Å². The van der Waals surface area contributed by atoms with Crippen molar-refractivity contribution in [3.63, 3.8) is 0 Å². The minimum absolute atomic E-state index is 0.0105. The Balaban J connectivity index is 2.16. The van der Waals surface area contributed by atoms with E-state index < -0.39 is 27.7 Å². The van der Waals surface area contributed by atoms with Crippen LogP contribution < -0.4 is 10.6 Å². The summed E-state index contributed by atoms with van der Waals surface area (Å²) in [5.74, 6) is -0.993. The predicted octanol–water partition coefficient (Wildman–Crippen LogP) is 3.08. The van der Waals surface area contributed by atoms with Gasteiger partial charge in [0.2, 0.25) is 5.91 Å². The molecule has 2 rings (SSSR count). The van der Waals surface area contributed by atoms with Crippen LogP contribution in [-0.2, 0) is 14.6 Å². The average Bonchev–Trinajstić information content (AvgIpc) is 2.95. The molecule has 0 radical (unpaired) electrons. The maximum atomic E-state index is 12.9. The van der Waals surface area contributed by atoms with Crippen molar-refractivity contribution in [1.82, 2.24) is 10.6 Å². The third kappa shape index (κ3) is 6.97. The normalized spacial score (nSPS) is 13.6. The molecule has 2 N–H and O–H groups in total. The summed E-state index contributed by atoms with van der Waals surface area (Å²) in [6, 6.07) is 7.86. The summed E-state index contributed by atoms with van der Waals surface area (Å²) in [5, 5.41) is 5.61. The molecular formula is C21H28N2O4S2. The molecule has 1 aromatic carbocycles. The Morgan fingerprint density at radius 3 is 2.34 bits per heavy atom. The molecule has 6 nitrogen and oxygen atoms in total. The number of sulfone groups is 1. The van der Waals surface area contributed by atoms with Crippen LogP contribution in [0.2, 0.25) is 0 Å². The topological polar surface area (TPSA) is 92.3 Å². The zero-order valence-electron chi connectivity index (χ0n) is 17.4. The van der Waals surface area contributed by atoms with Crippen LogP contribution in [0.4, 0.5) is 0 Å². The van der Waals surface area contributed by atoms with E-state index in [0.29, 0.717) is 5.56 Å². The van der Waals surface area contributed by atoms with Crippen LogP contribution in [0.15, 0.2) is 30.3 Å². The van der Waals surface area contributed by atoms with Gasteiger partial charge in [-0.05, 0) is 57.9 Å². The number of hydrogen-bond acceptors (Lipinski definition) is 5. The number of benzene rings is 1. The van der Waals surface area contributed by atoms with E-state index in [9.17, 15) is 18.0 Å². The van der Waals surface area contributed by atoms with E-state index in [1.54, 1.807) is 29.5 Å². The van der Waals surface area contributed by atoms with Crippen LogP contribution in [0.3, 0.4) is 0 Å². The minimum Gasteiger partial charge on any atom is -0.348 e. The van der Waals surface area contributed by atoms with Gasteiger partial charge in [0, 0.05) is 21.6 Å². The van der Waals surface area contributed by atoms with Crippen LogP contribution >= 0.6 is 11.3 Å². The average molecular weight is 437 g/mol. The molecule has 1 heterocycles. The summed E-state index contributed by atoms with van der Waals surface area (Å²) in [6.45, 7) is 7.75. The molecule has 0 aliphatic rings. The molecular weight excluding hydrogens is 408 g/mol. The van der Waals surface area contributed by atoms with Gasteiger partial charge in [-0.15, -0.1) is 11.3 Å². The third-order valence-corrected chi connectivity index (χ3v) is 6.54. The Kier molecular flexibility index (Phi) is 7.60. The molecule has 8 heteroatoms. The molecule has 2 atom stereocenters. The summed E-state index contributed by atoms with van der Waals surface area (Å²) >= 11 is 1.66. The number of aryl methyl sites for hydroxylation is 3. The molecule has 0 aliphatic heterocycles. The Bertz CT molecular complexity index is 996. The first-order valence-electron chi connectivity index (χ1n) is 9.39. The van der Waals surface area contributed by atoms with Crippen molar-refractivity contribution in [2.24, 2.45) is 0 Å². The number of thiophene rings is 1. The minimum atomic E-state index is -3.27. The van der Waals surface area contributed by atoms with E-state index >= 15 is 0 Å². The molecule has 2 aromatic rings. The van der Waals surface area contributed by atoms with Gasteiger partial charge in [0.05, 0.1) is 11.8 Å². The van der Waals surface area contributed by atoms with E-state index in [1.807, 2.05) is 39.8 Å². The van der Waals surface area contributed by atoms with E-state index in [-0.39, 0.29) is 18.2 Å². The summed E-state index contributed by atoms with van der Waals surface area (Å²) < 4.78 is 23.2. The molecule has 0 fully saturated rings. The fourth-order valence-corrected chi connectivity index (χ4v) is 4.79. The van der Waals surface area contributed by atoms with Gasteiger partial charge < -0.3 is 10.6 Å².